The molecular weight excluding hydrogens is 264 g/mol. The number of carbonyl (C=O) groups excluding carboxylic acids is 2. The molecule has 0 aliphatic heterocycles. The number of Topliss-reactive ketones (excluding diaryl/α,β-unsaturated/α-hetero) is 1. The second-order valence-electron chi connectivity index (χ2n) is 5.62. The van der Waals surface area contributed by atoms with Gasteiger partial charge in [-0.15, -0.1) is 12.3 Å². The molecule has 0 bridgehead atoms. The molecule has 21 heavy (non-hydrogen) atoms. The van der Waals surface area contributed by atoms with E-state index in [0.29, 0.717) is 18.4 Å². The van der Waals surface area contributed by atoms with E-state index in [2.05, 4.69) is 12.0 Å². The lowest BCUT2D eigenvalue weighted by Crippen LogP contribution is -2.44. The number of ketones is 1. The van der Waals surface area contributed by atoms with Gasteiger partial charge in [0, 0.05) is 12.0 Å². The Labute approximate surface area is 125 Å². The van der Waals surface area contributed by atoms with E-state index in [1.807, 2.05) is 19.9 Å². The number of carbonyl (C=O) groups is 2. The van der Waals surface area contributed by atoms with E-state index in [9.17, 15) is 9.59 Å². The van der Waals surface area contributed by atoms with E-state index in [4.69, 9.17) is 11.2 Å². The van der Waals surface area contributed by atoms with Gasteiger partial charge in [0.2, 0.25) is 0 Å². The summed E-state index contributed by atoms with van der Waals surface area (Å²) >= 11 is 0. The van der Waals surface area contributed by atoms with Crippen molar-refractivity contribution in [3.8, 4) is 12.3 Å². The fourth-order valence-corrected chi connectivity index (χ4v) is 3.12. The Hall–Kier alpha value is -2.08. The average molecular weight is 284 g/mol. The Morgan fingerprint density at radius 1 is 1.43 bits per heavy atom. The topological polar surface area (TPSA) is 43.4 Å². The minimum Gasteiger partial charge on any atom is -0.465 e. The van der Waals surface area contributed by atoms with Crippen molar-refractivity contribution in [3.63, 3.8) is 0 Å². The number of esters is 1. The van der Waals surface area contributed by atoms with E-state index in [1.165, 1.54) is 0 Å². The maximum Gasteiger partial charge on any atom is 0.321 e. The van der Waals surface area contributed by atoms with Crippen LogP contribution in [-0.4, -0.2) is 18.4 Å². The molecule has 0 saturated heterocycles. The van der Waals surface area contributed by atoms with Gasteiger partial charge >= 0.3 is 5.97 Å². The van der Waals surface area contributed by atoms with Gasteiger partial charge in [-0.05, 0) is 50.8 Å². The lowest BCUT2D eigenvalue weighted by atomic mass is 9.67. The van der Waals surface area contributed by atoms with Crippen LogP contribution in [-0.2, 0) is 16.0 Å². The molecular formula is C18H20O3. The first-order valence-electron chi connectivity index (χ1n) is 7.22. The van der Waals surface area contributed by atoms with Gasteiger partial charge in [-0.2, -0.15) is 0 Å². The number of fused-ring (bicyclic) bond motifs is 1. The van der Waals surface area contributed by atoms with Crippen molar-refractivity contribution in [2.45, 2.75) is 40.0 Å². The molecule has 0 amide bonds. The molecule has 0 N–H and O–H groups in total. The maximum atomic E-state index is 13.0. The van der Waals surface area contributed by atoms with Crippen LogP contribution in [0.25, 0.3) is 0 Å². The lowest BCUT2D eigenvalue weighted by molar-refractivity contribution is -0.152. The van der Waals surface area contributed by atoms with E-state index in [0.717, 1.165) is 16.7 Å². The Morgan fingerprint density at radius 3 is 2.76 bits per heavy atom. The van der Waals surface area contributed by atoms with Crippen molar-refractivity contribution >= 4 is 11.8 Å². The third-order valence-electron chi connectivity index (χ3n) is 4.17. The van der Waals surface area contributed by atoms with E-state index in [-0.39, 0.29) is 18.8 Å². The molecule has 3 nitrogen and oxygen atoms in total. The molecule has 1 aliphatic rings. The highest BCUT2D eigenvalue weighted by Crippen LogP contribution is 2.40. The normalized spacial score (nSPS) is 20.6. The molecule has 2 rings (SSSR count). The predicted molar refractivity (Wildman–Crippen MR) is 81.1 cm³/mol. The monoisotopic (exact) mass is 284 g/mol. The summed E-state index contributed by atoms with van der Waals surface area (Å²) in [6, 6.07) is 3.92. The number of ether oxygens (including phenoxy) is 1. The van der Waals surface area contributed by atoms with Crippen molar-refractivity contribution < 1.29 is 14.3 Å². The number of rotatable bonds is 3. The van der Waals surface area contributed by atoms with Crippen LogP contribution >= 0.6 is 0 Å². The predicted octanol–water partition coefficient (Wildman–Crippen LogP) is 3.01. The number of hydrogen-bond acceptors (Lipinski definition) is 3. The summed E-state index contributed by atoms with van der Waals surface area (Å²) < 4.78 is 5.13. The maximum absolute atomic E-state index is 13.0. The quantitative estimate of drug-likeness (QED) is 0.487. The first-order valence-corrected chi connectivity index (χ1v) is 7.22. The summed E-state index contributed by atoms with van der Waals surface area (Å²) in [7, 11) is 0. The Balaban J connectivity index is 2.55. The van der Waals surface area contributed by atoms with Gasteiger partial charge in [-0.25, -0.2) is 0 Å². The molecule has 0 heterocycles. The molecule has 0 fully saturated rings. The highest BCUT2D eigenvalue weighted by atomic mass is 16.5. The molecule has 3 heteroatoms. The van der Waals surface area contributed by atoms with Crippen LogP contribution in [0.15, 0.2) is 12.1 Å². The van der Waals surface area contributed by atoms with Crippen molar-refractivity contribution in [1.82, 2.24) is 0 Å². The second kappa shape index (κ2) is 5.73. The Bertz CT molecular complexity index is 637. The summed E-state index contributed by atoms with van der Waals surface area (Å²) in [4.78, 5) is 25.3. The summed E-state index contributed by atoms with van der Waals surface area (Å²) in [5.41, 5.74) is 2.55. The summed E-state index contributed by atoms with van der Waals surface area (Å²) in [5.74, 6) is 1.81. The SMILES string of the molecule is C#CCC1(C(=O)OCC)CCc2c(C)cc(C)cc2C1=O. The molecule has 1 aliphatic carbocycles. The van der Waals surface area contributed by atoms with Crippen molar-refractivity contribution in [2.75, 3.05) is 6.61 Å². The highest BCUT2D eigenvalue weighted by molar-refractivity contribution is 6.14. The zero-order chi connectivity index (χ0) is 15.6. The van der Waals surface area contributed by atoms with Gasteiger partial charge in [0.25, 0.3) is 0 Å². The van der Waals surface area contributed by atoms with Crippen LogP contribution < -0.4 is 0 Å². The van der Waals surface area contributed by atoms with Gasteiger partial charge < -0.3 is 4.74 Å². The van der Waals surface area contributed by atoms with Crippen molar-refractivity contribution in [3.05, 3.63) is 34.4 Å². The average Bonchev–Trinajstić information content (AvgIpc) is 2.43. The number of hydrogen-bond donors (Lipinski definition) is 0. The summed E-state index contributed by atoms with van der Waals surface area (Å²) in [5, 5.41) is 0. The van der Waals surface area contributed by atoms with Crippen LogP contribution in [0.2, 0.25) is 0 Å². The van der Waals surface area contributed by atoms with E-state index >= 15 is 0 Å². The molecule has 0 spiro atoms. The summed E-state index contributed by atoms with van der Waals surface area (Å²) in [6.45, 7) is 5.93. The van der Waals surface area contributed by atoms with Crippen LogP contribution in [0.4, 0.5) is 0 Å². The Kier molecular flexibility index (Phi) is 4.18. The van der Waals surface area contributed by atoms with Crippen LogP contribution in [0.1, 0.15) is 46.8 Å². The fraction of sp³-hybridized carbons (Fsp3) is 0.444. The van der Waals surface area contributed by atoms with Crippen LogP contribution in [0.3, 0.4) is 0 Å². The molecule has 110 valence electrons. The van der Waals surface area contributed by atoms with Gasteiger partial charge in [0.15, 0.2) is 5.78 Å². The third-order valence-corrected chi connectivity index (χ3v) is 4.17. The third kappa shape index (κ3) is 2.47. The zero-order valence-corrected chi connectivity index (χ0v) is 12.8. The standard InChI is InChI=1S/C18H20O3/c1-5-8-18(17(20)21-6-2)9-7-14-13(4)10-12(3)11-15(14)16(18)19/h1,10-11H,6-9H2,2-4H3. The van der Waals surface area contributed by atoms with Crippen LogP contribution in [0.5, 0.6) is 0 Å². The first-order chi connectivity index (χ1) is 9.96. The fourth-order valence-electron chi connectivity index (χ4n) is 3.12. The minimum absolute atomic E-state index is 0.0943. The molecule has 1 atom stereocenters. The Morgan fingerprint density at radius 2 is 2.14 bits per heavy atom. The molecule has 0 radical (unpaired) electrons. The minimum atomic E-state index is -1.21. The second-order valence-corrected chi connectivity index (χ2v) is 5.62. The molecule has 1 unspecified atom stereocenters. The number of terminal acetylenes is 1. The van der Waals surface area contributed by atoms with Gasteiger partial charge in [-0.1, -0.05) is 11.6 Å². The largest absolute Gasteiger partial charge is 0.465 e. The number of aryl methyl sites for hydroxylation is 2. The summed E-state index contributed by atoms with van der Waals surface area (Å²) in [6.07, 6.45) is 6.60. The highest BCUT2D eigenvalue weighted by Gasteiger charge is 2.49. The molecule has 0 saturated carbocycles. The van der Waals surface area contributed by atoms with Crippen LogP contribution in [0, 0.1) is 31.6 Å². The van der Waals surface area contributed by atoms with E-state index in [1.54, 1.807) is 6.92 Å². The molecule has 1 aromatic rings. The van der Waals surface area contributed by atoms with Crippen molar-refractivity contribution in [2.24, 2.45) is 5.41 Å². The molecule has 0 aromatic heterocycles. The van der Waals surface area contributed by atoms with Gasteiger partial charge in [0.05, 0.1) is 6.61 Å². The zero-order valence-electron chi connectivity index (χ0n) is 12.8. The molecule has 1 aromatic carbocycles. The van der Waals surface area contributed by atoms with Crippen molar-refractivity contribution in [1.29, 1.82) is 0 Å². The smallest absolute Gasteiger partial charge is 0.321 e. The van der Waals surface area contributed by atoms with Gasteiger partial charge in [-0.3, -0.25) is 9.59 Å². The first kappa shape index (κ1) is 15.3. The van der Waals surface area contributed by atoms with E-state index < -0.39 is 11.4 Å². The number of benzene rings is 1. The lowest BCUT2D eigenvalue weighted by Gasteiger charge is -2.33. The van der Waals surface area contributed by atoms with Gasteiger partial charge in [0.1, 0.15) is 5.41 Å².